The van der Waals surface area contributed by atoms with Crippen molar-refractivity contribution in [1.82, 2.24) is 5.16 Å². The van der Waals surface area contributed by atoms with E-state index in [0.717, 1.165) is 10.0 Å². The van der Waals surface area contributed by atoms with E-state index in [2.05, 4.69) is 21.1 Å². The second-order valence-corrected chi connectivity index (χ2v) is 4.52. The number of rotatable bonds is 3. The molecule has 0 unspecified atom stereocenters. The second-order valence-electron chi connectivity index (χ2n) is 3.67. The Morgan fingerprint density at radius 3 is 2.72 bits per heavy atom. The van der Waals surface area contributed by atoms with Crippen LogP contribution < -0.4 is 4.74 Å². The third-order valence-electron chi connectivity index (χ3n) is 2.53. The molecular weight excluding hydrogens is 302 g/mol. The van der Waals surface area contributed by atoms with Crippen LogP contribution in [-0.2, 0) is 0 Å². The van der Waals surface area contributed by atoms with E-state index >= 15 is 0 Å². The molecule has 0 amide bonds. The average Bonchev–Trinajstić information content (AvgIpc) is 2.82. The maximum Gasteiger partial charge on any atom is 0.358 e. The third kappa shape index (κ3) is 2.24. The van der Waals surface area contributed by atoms with Crippen LogP contribution in [0.2, 0.25) is 0 Å². The van der Waals surface area contributed by atoms with E-state index < -0.39 is 5.97 Å². The highest BCUT2D eigenvalue weighted by atomic mass is 79.9. The first-order valence-electron chi connectivity index (χ1n) is 5.07. The van der Waals surface area contributed by atoms with E-state index in [1.807, 2.05) is 13.0 Å². The number of carboxylic acid groups (broad SMARTS) is 1. The average molecular weight is 312 g/mol. The van der Waals surface area contributed by atoms with Crippen molar-refractivity contribution in [3.63, 3.8) is 0 Å². The van der Waals surface area contributed by atoms with Gasteiger partial charge in [0.25, 0.3) is 0 Å². The molecule has 6 heteroatoms. The fourth-order valence-electron chi connectivity index (χ4n) is 1.52. The molecule has 1 N–H and O–H groups in total. The molecule has 0 aliphatic rings. The van der Waals surface area contributed by atoms with Crippen molar-refractivity contribution in [2.45, 2.75) is 6.92 Å². The summed E-state index contributed by atoms with van der Waals surface area (Å²) in [5.41, 5.74) is 1.53. The van der Waals surface area contributed by atoms with Gasteiger partial charge in [-0.25, -0.2) is 4.79 Å². The lowest BCUT2D eigenvalue weighted by atomic mass is 10.1. The Balaban J connectivity index is 2.50. The van der Waals surface area contributed by atoms with Crippen molar-refractivity contribution in [2.24, 2.45) is 0 Å². The second kappa shape index (κ2) is 4.81. The quantitative estimate of drug-likeness (QED) is 0.942. The lowest BCUT2D eigenvalue weighted by Crippen LogP contribution is -1.94. The van der Waals surface area contributed by atoms with Gasteiger partial charge in [0.05, 0.1) is 7.11 Å². The van der Waals surface area contributed by atoms with Crippen molar-refractivity contribution in [3.8, 4) is 17.1 Å². The van der Waals surface area contributed by atoms with Crippen LogP contribution in [-0.4, -0.2) is 23.3 Å². The van der Waals surface area contributed by atoms with Crippen LogP contribution in [0.5, 0.6) is 5.75 Å². The summed E-state index contributed by atoms with van der Waals surface area (Å²) >= 11 is 3.41. The number of carboxylic acids is 1. The summed E-state index contributed by atoms with van der Waals surface area (Å²) in [5.74, 6) is -0.0535. The fraction of sp³-hybridized carbons (Fsp3) is 0.167. The molecular formula is C12H10BrNO4. The molecule has 0 spiro atoms. The molecule has 5 nitrogen and oxygen atoms in total. The highest BCUT2D eigenvalue weighted by Crippen LogP contribution is 2.33. The summed E-state index contributed by atoms with van der Waals surface area (Å²) in [5, 5.41) is 12.3. The monoisotopic (exact) mass is 311 g/mol. The Kier molecular flexibility index (Phi) is 3.38. The van der Waals surface area contributed by atoms with Gasteiger partial charge in [0.15, 0.2) is 11.5 Å². The summed E-state index contributed by atoms with van der Waals surface area (Å²) in [6.07, 6.45) is 0. The Labute approximate surface area is 111 Å². The normalized spacial score (nSPS) is 10.4. The van der Waals surface area contributed by atoms with Gasteiger partial charge in [-0.15, -0.1) is 0 Å². The molecule has 0 aliphatic heterocycles. The van der Waals surface area contributed by atoms with Gasteiger partial charge >= 0.3 is 5.97 Å². The van der Waals surface area contributed by atoms with Crippen molar-refractivity contribution < 1.29 is 19.2 Å². The summed E-state index contributed by atoms with van der Waals surface area (Å²) < 4.78 is 11.1. The van der Waals surface area contributed by atoms with E-state index in [1.54, 1.807) is 13.2 Å². The predicted molar refractivity (Wildman–Crippen MR) is 67.9 cm³/mol. The van der Waals surface area contributed by atoms with Gasteiger partial charge in [-0.3, -0.25) is 0 Å². The Morgan fingerprint density at radius 1 is 1.44 bits per heavy atom. The molecule has 0 radical (unpaired) electrons. The molecule has 94 valence electrons. The van der Waals surface area contributed by atoms with Crippen LogP contribution in [0, 0.1) is 6.92 Å². The highest BCUT2D eigenvalue weighted by Gasteiger charge is 2.14. The SMILES string of the molecule is COc1cc(-c2cc(C(=O)O)no2)cc(Br)c1C. The van der Waals surface area contributed by atoms with Gasteiger partial charge in [0.1, 0.15) is 5.75 Å². The lowest BCUT2D eigenvalue weighted by molar-refractivity contribution is 0.0686. The molecule has 0 saturated heterocycles. The Bertz CT molecular complexity index is 606. The molecule has 1 aromatic carbocycles. The first-order valence-corrected chi connectivity index (χ1v) is 5.86. The summed E-state index contributed by atoms with van der Waals surface area (Å²) in [6.45, 7) is 1.91. The number of methoxy groups -OCH3 is 1. The number of carbonyl (C=O) groups is 1. The van der Waals surface area contributed by atoms with E-state index in [9.17, 15) is 4.79 Å². The van der Waals surface area contributed by atoms with E-state index in [4.69, 9.17) is 14.4 Å². The number of aromatic carboxylic acids is 1. The smallest absolute Gasteiger partial charge is 0.358 e. The van der Waals surface area contributed by atoms with E-state index in [0.29, 0.717) is 17.1 Å². The predicted octanol–water partition coefficient (Wildman–Crippen LogP) is 3.12. The molecule has 18 heavy (non-hydrogen) atoms. The topological polar surface area (TPSA) is 72.6 Å². The van der Waals surface area contributed by atoms with Crippen LogP contribution in [0.25, 0.3) is 11.3 Å². The van der Waals surface area contributed by atoms with Crippen LogP contribution in [0.1, 0.15) is 16.1 Å². The number of hydrogen-bond donors (Lipinski definition) is 1. The number of aromatic nitrogens is 1. The first kappa shape index (κ1) is 12.6. The summed E-state index contributed by atoms with van der Waals surface area (Å²) in [6, 6.07) is 4.97. The number of halogens is 1. The van der Waals surface area contributed by atoms with Gasteiger partial charge in [0.2, 0.25) is 0 Å². The minimum Gasteiger partial charge on any atom is -0.496 e. The maximum atomic E-state index is 10.7. The lowest BCUT2D eigenvalue weighted by Gasteiger charge is -2.08. The number of nitrogens with zero attached hydrogens (tertiary/aromatic N) is 1. The highest BCUT2D eigenvalue weighted by molar-refractivity contribution is 9.10. The standard InChI is InChI=1S/C12H10BrNO4/c1-6-8(13)3-7(4-10(6)17-2)11-5-9(12(15)16)14-18-11/h3-5H,1-2H3,(H,15,16). The molecule has 0 aliphatic carbocycles. The zero-order valence-electron chi connectivity index (χ0n) is 9.73. The van der Waals surface area contributed by atoms with Crippen LogP contribution in [0.3, 0.4) is 0 Å². The molecule has 0 bridgehead atoms. The number of ether oxygens (including phenoxy) is 1. The Hall–Kier alpha value is -1.82. The maximum absolute atomic E-state index is 10.7. The largest absolute Gasteiger partial charge is 0.496 e. The molecule has 0 saturated carbocycles. The van der Waals surface area contributed by atoms with Gasteiger partial charge in [-0.1, -0.05) is 21.1 Å². The molecule has 2 aromatic rings. The van der Waals surface area contributed by atoms with Gasteiger partial charge in [-0.05, 0) is 19.1 Å². The van der Waals surface area contributed by atoms with Crippen molar-refractivity contribution in [3.05, 3.63) is 33.9 Å². The van der Waals surface area contributed by atoms with E-state index in [-0.39, 0.29) is 5.69 Å². The minimum atomic E-state index is -1.12. The molecule has 1 aromatic heterocycles. The Morgan fingerprint density at radius 2 is 2.17 bits per heavy atom. The van der Waals surface area contributed by atoms with Crippen molar-refractivity contribution in [1.29, 1.82) is 0 Å². The molecule has 0 atom stereocenters. The van der Waals surface area contributed by atoms with Crippen LogP contribution >= 0.6 is 15.9 Å². The van der Waals surface area contributed by atoms with Crippen molar-refractivity contribution >= 4 is 21.9 Å². The van der Waals surface area contributed by atoms with E-state index in [1.165, 1.54) is 6.07 Å². The third-order valence-corrected chi connectivity index (χ3v) is 3.35. The van der Waals surface area contributed by atoms with Gasteiger partial charge in [-0.2, -0.15) is 0 Å². The van der Waals surface area contributed by atoms with Crippen LogP contribution in [0.4, 0.5) is 0 Å². The fourth-order valence-corrected chi connectivity index (χ4v) is 1.96. The molecule has 0 fully saturated rings. The van der Waals surface area contributed by atoms with Gasteiger partial charge < -0.3 is 14.4 Å². The summed E-state index contributed by atoms with van der Waals surface area (Å²) in [7, 11) is 1.57. The molecule has 1 heterocycles. The first-order chi connectivity index (χ1) is 8.52. The number of hydrogen-bond acceptors (Lipinski definition) is 4. The van der Waals surface area contributed by atoms with Crippen LogP contribution in [0.15, 0.2) is 27.2 Å². The van der Waals surface area contributed by atoms with Gasteiger partial charge in [0, 0.05) is 21.7 Å². The number of benzene rings is 1. The van der Waals surface area contributed by atoms with Crippen molar-refractivity contribution in [2.75, 3.05) is 7.11 Å². The summed E-state index contributed by atoms with van der Waals surface area (Å²) in [4.78, 5) is 10.7. The zero-order chi connectivity index (χ0) is 13.3. The zero-order valence-corrected chi connectivity index (χ0v) is 11.3. The minimum absolute atomic E-state index is 0.124. The molecule has 2 rings (SSSR count).